The van der Waals surface area contributed by atoms with Gasteiger partial charge in [-0.25, -0.2) is 0 Å². The molecule has 1 atom stereocenters. The maximum absolute atomic E-state index is 2.56. The average Bonchev–Trinajstić information content (AvgIpc) is 2.10. The quantitative estimate of drug-likeness (QED) is 0.488. The standard InChI is InChI=1S/C8H15I.C2H6/c1-7(9)8-5-3-2-4-6-8;1-2/h7-8H,2-6H2,1H3;1-2H3. The molecule has 0 N–H and O–H groups in total. The zero-order valence-electron chi connectivity index (χ0n) is 8.07. The van der Waals surface area contributed by atoms with Crippen molar-refractivity contribution in [1.29, 1.82) is 0 Å². The van der Waals surface area contributed by atoms with Crippen molar-refractivity contribution in [2.45, 2.75) is 56.8 Å². The Morgan fingerprint density at radius 2 is 1.55 bits per heavy atom. The van der Waals surface area contributed by atoms with Crippen LogP contribution in [-0.2, 0) is 0 Å². The lowest BCUT2D eigenvalue weighted by Crippen LogP contribution is -2.14. The first kappa shape index (κ1) is 11.7. The predicted molar refractivity (Wildman–Crippen MR) is 61.4 cm³/mol. The van der Waals surface area contributed by atoms with Crippen LogP contribution in [0.3, 0.4) is 0 Å². The normalized spacial score (nSPS) is 21.8. The van der Waals surface area contributed by atoms with Crippen LogP contribution in [0, 0.1) is 5.92 Å². The molecule has 0 amide bonds. The van der Waals surface area contributed by atoms with Crippen LogP contribution >= 0.6 is 22.6 Å². The second-order valence-electron chi connectivity index (χ2n) is 3.08. The highest BCUT2D eigenvalue weighted by Crippen LogP contribution is 2.29. The van der Waals surface area contributed by atoms with Crippen molar-refractivity contribution in [3.63, 3.8) is 0 Å². The fourth-order valence-electron chi connectivity index (χ4n) is 1.59. The Bertz CT molecular complexity index is 72.9. The van der Waals surface area contributed by atoms with E-state index in [0.717, 1.165) is 9.84 Å². The van der Waals surface area contributed by atoms with E-state index in [0.29, 0.717) is 0 Å². The molecule has 1 heteroatoms. The smallest absolute Gasteiger partial charge is 0.0110 e. The molecule has 0 aromatic carbocycles. The highest BCUT2D eigenvalue weighted by atomic mass is 127. The van der Waals surface area contributed by atoms with Crippen molar-refractivity contribution in [2.75, 3.05) is 0 Å². The molecule has 1 saturated carbocycles. The molecule has 1 fully saturated rings. The lowest BCUT2D eigenvalue weighted by molar-refractivity contribution is 0.363. The number of hydrogen-bond acceptors (Lipinski definition) is 0. The molecule has 1 rings (SSSR count). The van der Waals surface area contributed by atoms with Crippen molar-refractivity contribution in [3.8, 4) is 0 Å². The molecule has 0 aromatic rings. The van der Waals surface area contributed by atoms with Gasteiger partial charge in [-0.05, 0) is 18.8 Å². The topological polar surface area (TPSA) is 0 Å². The van der Waals surface area contributed by atoms with Crippen molar-refractivity contribution in [3.05, 3.63) is 0 Å². The molecule has 0 radical (unpaired) electrons. The van der Waals surface area contributed by atoms with Gasteiger partial charge in [0.15, 0.2) is 0 Å². The molecule has 0 heterocycles. The summed E-state index contributed by atoms with van der Waals surface area (Å²) < 4.78 is 0.905. The number of hydrogen-bond donors (Lipinski definition) is 0. The maximum atomic E-state index is 2.56. The van der Waals surface area contributed by atoms with Crippen LogP contribution in [0.4, 0.5) is 0 Å². The lowest BCUT2D eigenvalue weighted by Gasteiger charge is -2.23. The SMILES string of the molecule is CC.CC(I)C1CCCCC1. The summed E-state index contributed by atoms with van der Waals surface area (Å²) >= 11 is 2.56. The average molecular weight is 268 g/mol. The van der Waals surface area contributed by atoms with E-state index >= 15 is 0 Å². The summed E-state index contributed by atoms with van der Waals surface area (Å²) in [7, 11) is 0. The zero-order valence-corrected chi connectivity index (χ0v) is 10.2. The van der Waals surface area contributed by atoms with Gasteiger partial charge in [-0.2, -0.15) is 0 Å². The lowest BCUT2D eigenvalue weighted by atomic mass is 9.88. The van der Waals surface area contributed by atoms with Crippen molar-refractivity contribution < 1.29 is 0 Å². The van der Waals surface area contributed by atoms with E-state index in [1.54, 1.807) is 0 Å². The van der Waals surface area contributed by atoms with E-state index in [9.17, 15) is 0 Å². The van der Waals surface area contributed by atoms with Gasteiger partial charge in [0, 0.05) is 3.92 Å². The Balaban J connectivity index is 0.000000461. The Kier molecular flexibility index (Phi) is 7.87. The molecular weight excluding hydrogens is 247 g/mol. The van der Waals surface area contributed by atoms with Crippen molar-refractivity contribution >= 4 is 22.6 Å². The van der Waals surface area contributed by atoms with Crippen LogP contribution in [0.2, 0.25) is 0 Å². The Labute approximate surface area is 85.3 Å². The Morgan fingerprint density at radius 1 is 1.09 bits per heavy atom. The van der Waals surface area contributed by atoms with Crippen molar-refractivity contribution in [2.24, 2.45) is 5.92 Å². The Morgan fingerprint density at radius 3 is 1.82 bits per heavy atom. The van der Waals surface area contributed by atoms with Gasteiger partial charge in [-0.1, -0.05) is 62.6 Å². The van der Waals surface area contributed by atoms with Crippen LogP contribution in [-0.4, -0.2) is 3.92 Å². The molecule has 0 spiro atoms. The molecule has 1 unspecified atom stereocenters. The van der Waals surface area contributed by atoms with E-state index in [4.69, 9.17) is 0 Å². The molecule has 0 nitrogen and oxygen atoms in total. The second-order valence-corrected chi connectivity index (χ2v) is 5.04. The number of halogens is 1. The van der Waals surface area contributed by atoms with Gasteiger partial charge in [-0.3, -0.25) is 0 Å². The molecule has 68 valence electrons. The molecule has 0 bridgehead atoms. The zero-order chi connectivity index (χ0) is 8.69. The monoisotopic (exact) mass is 268 g/mol. The van der Waals surface area contributed by atoms with E-state index < -0.39 is 0 Å². The van der Waals surface area contributed by atoms with Crippen LogP contribution in [0.15, 0.2) is 0 Å². The third-order valence-corrected chi connectivity index (χ3v) is 3.32. The highest BCUT2D eigenvalue weighted by Gasteiger charge is 2.16. The van der Waals surface area contributed by atoms with E-state index in [1.807, 2.05) is 13.8 Å². The highest BCUT2D eigenvalue weighted by molar-refractivity contribution is 14.1. The summed E-state index contributed by atoms with van der Waals surface area (Å²) in [6.07, 6.45) is 7.43. The van der Waals surface area contributed by atoms with E-state index in [2.05, 4.69) is 29.5 Å². The molecule has 0 aromatic heterocycles. The minimum absolute atomic E-state index is 0.905. The summed E-state index contributed by atoms with van der Waals surface area (Å²) in [5, 5.41) is 0. The van der Waals surface area contributed by atoms with Gasteiger partial charge < -0.3 is 0 Å². The number of alkyl halides is 1. The van der Waals surface area contributed by atoms with Gasteiger partial charge >= 0.3 is 0 Å². The van der Waals surface area contributed by atoms with Gasteiger partial charge in [-0.15, -0.1) is 0 Å². The fraction of sp³-hybridized carbons (Fsp3) is 1.00. The van der Waals surface area contributed by atoms with Crippen LogP contribution < -0.4 is 0 Å². The minimum atomic E-state index is 0.905. The van der Waals surface area contributed by atoms with E-state index in [1.165, 1.54) is 32.1 Å². The molecule has 1 aliphatic carbocycles. The molecule has 0 saturated heterocycles. The third kappa shape index (κ3) is 5.05. The molecule has 0 aliphatic heterocycles. The van der Waals surface area contributed by atoms with Crippen LogP contribution in [0.25, 0.3) is 0 Å². The second kappa shape index (κ2) is 7.38. The summed E-state index contributed by atoms with van der Waals surface area (Å²) in [4.78, 5) is 0. The summed E-state index contributed by atoms with van der Waals surface area (Å²) in [5.74, 6) is 1.04. The maximum Gasteiger partial charge on any atom is 0.0110 e. The largest absolute Gasteiger partial charge is 0.0826 e. The molecule has 1 aliphatic rings. The third-order valence-electron chi connectivity index (χ3n) is 2.30. The summed E-state index contributed by atoms with van der Waals surface area (Å²) in [5.41, 5.74) is 0. The van der Waals surface area contributed by atoms with Gasteiger partial charge in [0.05, 0.1) is 0 Å². The van der Waals surface area contributed by atoms with Crippen LogP contribution in [0.5, 0.6) is 0 Å². The summed E-state index contributed by atoms with van der Waals surface area (Å²) in [6, 6.07) is 0. The van der Waals surface area contributed by atoms with Crippen LogP contribution in [0.1, 0.15) is 52.9 Å². The fourth-order valence-corrected chi connectivity index (χ4v) is 2.31. The van der Waals surface area contributed by atoms with Gasteiger partial charge in [0.25, 0.3) is 0 Å². The predicted octanol–water partition coefficient (Wildman–Crippen LogP) is 4.42. The number of rotatable bonds is 1. The van der Waals surface area contributed by atoms with Crippen molar-refractivity contribution in [1.82, 2.24) is 0 Å². The first-order chi connectivity index (χ1) is 5.30. The first-order valence-corrected chi connectivity index (χ1v) is 6.19. The van der Waals surface area contributed by atoms with E-state index in [-0.39, 0.29) is 0 Å². The minimum Gasteiger partial charge on any atom is -0.0826 e. The summed E-state index contributed by atoms with van der Waals surface area (Å²) in [6.45, 7) is 6.34. The first-order valence-electron chi connectivity index (χ1n) is 4.95. The van der Waals surface area contributed by atoms with Gasteiger partial charge in [0.1, 0.15) is 0 Å². The Hall–Kier alpha value is 0.730. The molecule has 11 heavy (non-hydrogen) atoms. The van der Waals surface area contributed by atoms with Gasteiger partial charge in [0.2, 0.25) is 0 Å². The molecular formula is C10H21I.